The SMILES string of the molecule is Cc1nc2c(=O)c3ccc(Cl)cc3ccc2n1C(C)c1c[nH]cn1. The first-order valence-corrected chi connectivity index (χ1v) is 8.04. The molecule has 4 rings (SSSR count). The van der Waals surface area contributed by atoms with Crippen LogP contribution in [-0.2, 0) is 0 Å². The van der Waals surface area contributed by atoms with Crippen molar-refractivity contribution in [1.29, 1.82) is 0 Å². The Morgan fingerprint density at radius 2 is 2.08 bits per heavy atom. The van der Waals surface area contributed by atoms with E-state index >= 15 is 0 Å². The quantitative estimate of drug-likeness (QED) is 0.604. The minimum Gasteiger partial charge on any atom is -0.351 e. The lowest BCUT2D eigenvalue weighted by atomic mass is 10.2. The zero-order chi connectivity index (χ0) is 16.8. The summed E-state index contributed by atoms with van der Waals surface area (Å²) in [6, 6.07) is 9.09. The monoisotopic (exact) mass is 338 g/mol. The standard InChI is InChI=1S/C18H15ClN4O/c1-10(15-8-20-9-21-15)23-11(2)22-17-16(23)6-3-12-7-13(19)4-5-14(12)18(17)24/h3-10H,1-2H3,(H,20,21). The summed E-state index contributed by atoms with van der Waals surface area (Å²) < 4.78 is 2.04. The number of imidazole rings is 2. The van der Waals surface area contributed by atoms with Gasteiger partial charge in [-0.05, 0) is 43.5 Å². The summed E-state index contributed by atoms with van der Waals surface area (Å²) in [6.45, 7) is 3.94. The predicted octanol–water partition coefficient (Wildman–Crippen LogP) is 3.84. The maximum Gasteiger partial charge on any atom is 0.214 e. The Bertz CT molecular complexity index is 1120. The van der Waals surface area contributed by atoms with E-state index in [0.29, 0.717) is 15.9 Å². The van der Waals surface area contributed by atoms with Gasteiger partial charge >= 0.3 is 0 Å². The van der Waals surface area contributed by atoms with Gasteiger partial charge in [0, 0.05) is 16.6 Å². The van der Waals surface area contributed by atoms with Crippen molar-refractivity contribution >= 4 is 33.4 Å². The number of rotatable bonds is 2. The highest BCUT2D eigenvalue weighted by molar-refractivity contribution is 6.31. The molecule has 0 saturated carbocycles. The molecule has 2 aromatic carbocycles. The molecule has 5 nitrogen and oxygen atoms in total. The lowest BCUT2D eigenvalue weighted by Gasteiger charge is -2.13. The predicted molar refractivity (Wildman–Crippen MR) is 95.7 cm³/mol. The van der Waals surface area contributed by atoms with Gasteiger partial charge in [0.25, 0.3) is 0 Å². The largest absolute Gasteiger partial charge is 0.351 e. The molecule has 0 radical (unpaired) electrons. The molecule has 0 amide bonds. The number of hydrogen-bond acceptors (Lipinski definition) is 3. The van der Waals surface area contributed by atoms with Crippen LogP contribution in [0.3, 0.4) is 0 Å². The number of nitrogens with zero attached hydrogens (tertiary/aromatic N) is 3. The molecular weight excluding hydrogens is 324 g/mol. The van der Waals surface area contributed by atoms with Crippen molar-refractivity contribution in [3.63, 3.8) is 0 Å². The van der Waals surface area contributed by atoms with Crippen LogP contribution in [0, 0.1) is 6.92 Å². The first kappa shape index (κ1) is 14.9. The van der Waals surface area contributed by atoms with Crippen molar-refractivity contribution in [2.45, 2.75) is 19.9 Å². The van der Waals surface area contributed by atoms with Crippen LogP contribution >= 0.6 is 11.6 Å². The third-order valence-electron chi connectivity index (χ3n) is 4.35. The summed E-state index contributed by atoms with van der Waals surface area (Å²) in [5, 5.41) is 2.03. The summed E-state index contributed by atoms with van der Waals surface area (Å²) in [6.07, 6.45) is 3.50. The Labute approximate surface area is 142 Å². The fourth-order valence-electron chi connectivity index (χ4n) is 3.18. The highest BCUT2D eigenvalue weighted by atomic mass is 35.5. The summed E-state index contributed by atoms with van der Waals surface area (Å²) in [4.78, 5) is 24.8. The second-order valence-corrected chi connectivity index (χ2v) is 6.26. The first-order chi connectivity index (χ1) is 11.6. The molecule has 0 bridgehead atoms. The number of H-pyrrole nitrogens is 1. The molecule has 4 aromatic rings. The van der Waals surface area contributed by atoms with Crippen LogP contribution in [0.25, 0.3) is 21.8 Å². The third-order valence-corrected chi connectivity index (χ3v) is 4.59. The van der Waals surface area contributed by atoms with Crippen molar-refractivity contribution in [1.82, 2.24) is 19.5 Å². The molecule has 0 spiro atoms. The molecule has 0 aliphatic carbocycles. The summed E-state index contributed by atoms with van der Waals surface area (Å²) >= 11 is 6.06. The molecule has 2 heterocycles. The Hall–Kier alpha value is -2.66. The van der Waals surface area contributed by atoms with Crippen molar-refractivity contribution in [2.24, 2.45) is 0 Å². The molecular formula is C18H15ClN4O. The first-order valence-electron chi connectivity index (χ1n) is 7.66. The van der Waals surface area contributed by atoms with Crippen LogP contribution < -0.4 is 5.43 Å². The van der Waals surface area contributed by atoms with E-state index in [1.807, 2.05) is 36.7 Å². The van der Waals surface area contributed by atoms with Gasteiger partial charge < -0.3 is 9.55 Å². The van der Waals surface area contributed by atoms with Crippen LogP contribution in [0.5, 0.6) is 0 Å². The van der Waals surface area contributed by atoms with Crippen LogP contribution in [-0.4, -0.2) is 19.5 Å². The van der Waals surface area contributed by atoms with E-state index in [2.05, 4.69) is 15.0 Å². The van der Waals surface area contributed by atoms with E-state index < -0.39 is 0 Å². The Balaban J connectivity index is 2.08. The van der Waals surface area contributed by atoms with Crippen molar-refractivity contribution in [3.05, 3.63) is 69.6 Å². The molecule has 120 valence electrons. The number of aromatic nitrogens is 4. The molecule has 2 aromatic heterocycles. The van der Waals surface area contributed by atoms with Gasteiger partial charge in [0.2, 0.25) is 5.43 Å². The fourth-order valence-corrected chi connectivity index (χ4v) is 3.36. The average Bonchev–Trinajstić information content (AvgIpc) is 3.17. The van der Waals surface area contributed by atoms with Gasteiger partial charge in [0.1, 0.15) is 11.3 Å². The maximum atomic E-state index is 12.9. The number of aromatic amines is 1. The summed E-state index contributed by atoms with van der Waals surface area (Å²) in [7, 11) is 0. The Morgan fingerprint density at radius 3 is 2.83 bits per heavy atom. The van der Waals surface area contributed by atoms with Gasteiger partial charge in [0.15, 0.2) is 0 Å². The number of halogens is 1. The van der Waals surface area contributed by atoms with Crippen LogP contribution in [0.2, 0.25) is 5.02 Å². The topological polar surface area (TPSA) is 63.6 Å². The summed E-state index contributed by atoms with van der Waals surface area (Å²) in [5.74, 6) is 0.783. The third kappa shape index (κ3) is 2.20. The van der Waals surface area contributed by atoms with E-state index in [9.17, 15) is 4.79 Å². The smallest absolute Gasteiger partial charge is 0.214 e. The molecule has 24 heavy (non-hydrogen) atoms. The van der Waals surface area contributed by atoms with E-state index in [-0.39, 0.29) is 11.5 Å². The molecule has 0 aliphatic rings. The van der Waals surface area contributed by atoms with Crippen LogP contribution in [0.1, 0.15) is 24.5 Å². The number of aryl methyl sites for hydroxylation is 1. The molecule has 1 unspecified atom stereocenters. The van der Waals surface area contributed by atoms with Crippen molar-refractivity contribution in [3.8, 4) is 0 Å². The molecule has 1 N–H and O–H groups in total. The van der Waals surface area contributed by atoms with Crippen LogP contribution in [0.4, 0.5) is 0 Å². The highest BCUT2D eigenvalue weighted by Gasteiger charge is 2.18. The summed E-state index contributed by atoms with van der Waals surface area (Å²) in [5.41, 5.74) is 2.06. The van der Waals surface area contributed by atoms with E-state index in [0.717, 1.165) is 22.4 Å². The lowest BCUT2D eigenvalue weighted by Crippen LogP contribution is -2.08. The second kappa shape index (κ2) is 5.46. The van der Waals surface area contributed by atoms with Crippen LogP contribution in [0.15, 0.2) is 47.7 Å². The molecule has 1 atom stereocenters. The Morgan fingerprint density at radius 1 is 1.25 bits per heavy atom. The van der Waals surface area contributed by atoms with Gasteiger partial charge in [-0.2, -0.15) is 0 Å². The number of benzene rings is 1. The van der Waals surface area contributed by atoms with E-state index in [4.69, 9.17) is 11.6 Å². The molecule has 0 saturated heterocycles. The van der Waals surface area contributed by atoms with E-state index in [1.54, 1.807) is 24.5 Å². The number of nitrogens with one attached hydrogen (secondary N) is 1. The van der Waals surface area contributed by atoms with Gasteiger partial charge in [0.05, 0.1) is 23.6 Å². The fraction of sp³-hybridized carbons (Fsp3) is 0.167. The van der Waals surface area contributed by atoms with Gasteiger partial charge in [-0.3, -0.25) is 4.79 Å². The van der Waals surface area contributed by atoms with Gasteiger partial charge in [-0.15, -0.1) is 0 Å². The zero-order valence-electron chi connectivity index (χ0n) is 13.2. The number of hydrogen-bond donors (Lipinski definition) is 1. The van der Waals surface area contributed by atoms with Gasteiger partial charge in [-0.1, -0.05) is 17.7 Å². The highest BCUT2D eigenvalue weighted by Crippen LogP contribution is 2.25. The minimum atomic E-state index is -0.0854. The Kier molecular flexibility index (Phi) is 3.39. The normalized spacial score (nSPS) is 12.8. The average molecular weight is 339 g/mol. The van der Waals surface area contributed by atoms with E-state index in [1.165, 1.54) is 0 Å². The lowest BCUT2D eigenvalue weighted by molar-refractivity contribution is 0.623. The molecule has 0 aliphatic heterocycles. The zero-order valence-corrected chi connectivity index (χ0v) is 14.0. The van der Waals surface area contributed by atoms with Crippen molar-refractivity contribution in [2.75, 3.05) is 0 Å². The number of fused-ring (bicyclic) bond motifs is 2. The molecule has 6 heteroatoms. The second-order valence-electron chi connectivity index (χ2n) is 5.83. The minimum absolute atomic E-state index is 0.0326. The molecule has 0 fully saturated rings. The van der Waals surface area contributed by atoms with Gasteiger partial charge in [-0.25, -0.2) is 9.97 Å². The van der Waals surface area contributed by atoms with Crippen molar-refractivity contribution < 1.29 is 0 Å². The maximum absolute atomic E-state index is 12.9.